The molecule has 0 spiro atoms. The molecule has 3 N–H and O–H groups in total. The van der Waals surface area contributed by atoms with E-state index in [1.807, 2.05) is 0 Å². The van der Waals surface area contributed by atoms with Gasteiger partial charge in [0.25, 0.3) is 5.91 Å². The molecule has 0 saturated heterocycles. The van der Waals surface area contributed by atoms with Gasteiger partial charge < -0.3 is 25.1 Å². The van der Waals surface area contributed by atoms with Crippen LogP contribution < -0.4 is 16.0 Å². The first-order valence-corrected chi connectivity index (χ1v) is 7.59. The maximum absolute atomic E-state index is 11.8. The molecule has 0 radical (unpaired) electrons. The summed E-state index contributed by atoms with van der Waals surface area (Å²) in [6.07, 6.45) is 1.56. The molecule has 7 heteroatoms. The number of furan rings is 1. The topological polar surface area (TPSA) is 92.6 Å². The molecule has 0 aliphatic carbocycles. The predicted molar refractivity (Wildman–Crippen MR) is 89.7 cm³/mol. The van der Waals surface area contributed by atoms with Crippen molar-refractivity contribution in [3.63, 3.8) is 0 Å². The molecule has 2 rings (SSSR count). The van der Waals surface area contributed by atoms with Gasteiger partial charge in [-0.3, -0.25) is 9.59 Å². The van der Waals surface area contributed by atoms with Gasteiger partial charge in [0.05, 0.1) is 26.0 Å². The molecule has 0 unspecified atom stereocenters. The first-order chi connectivity index (χ1) is 11.7. The van der Waals surface area contributed by atoms with Crippen LogP contribution in [0.15, 0.2) is 47.1 Å². The number of carbonyl (C=O) groups is 2. The van der Waals surface area contributed by atoms with Crippen molar-refractivity contribution in [3.8, 4) is 0 Å². The molecule has 1 aromatic carbocycles. The molecular weight excluding hydrogens is 310 g/mol. The van der Waals surface area contributed by atoms with E-state index in [1.165, 1.54) is 0 Å². The normalized spacial score (nSPS) is 10.2. The van der Waals surface area contributed by atoms with Gasteiger partial charge in [0, 0.05) is 24.9 Å². The number of methoxy groups -OCH3 is 1. The van der Waals surface area contributed by atoms with Crippen LogP contribution in [0.1, 0.15) is 16.1 Å². The molecule has 1 heterocycles. The van der Waals surface area contributed by atoms with Gasteiger partial charge in [-0.05, 0) is 36.4 Å². The number of anilines is 1. The Kier molecular flexibility index (Phi) is 6.85. The molecule has 0 saturated carbocycles. The summed E-state index contributed by atoms with van der Waals surface area (Å²) in [7, 11) is 1.58. The molecule has 7 nitrogen and oxygen atoms in total. The third-order valence-electron chi connectivity index (χ3n) is 3.23. The lowest BCUT2D eigenvalue weighted by Gasteiger charge is -2.08. The van der Waals surface area contributed by atoms with Crippen LogP contribution in [0, 0.1) is 0 Å². The Hall–Kier alpha value is -2.80. The average Bonchev–Trinajstić information content (AvgIpc) is 3.12. The van der Waals surface area contributed by atoms with Crippen molar-refractivity contribution in [2.75, 3.05) is 32.1 Å². The highest BCUT2D eigenvalue weighted by Crippen LogP contribution is 2.09. The second-order valence-corrected chi connectivity index (χ2v) is 5.04. The molecule has 2 amide bonds. The van der Waals surface area contributed by atoms with Crippen LogP contribution in [0.2, 0.25) is 0 Å². The highest BCUT2D eigenvalue weighted by molar-refractivity contribution is 5.94. The maximum atomic E-state index is 11.8. The molecule has 1 aromatic heterocycles. The van der Waals surface area contributed by atoms with Crippen molar-refractivity contribution >= 4 is 17.5 Å². The van der Waals surface area contributed by atoms with Gasteiger partial charge in [0.15, 0.2) is 0 Å². The van der Waals surface area contributed by atoms with E-state index in [4.69, 9.17) is 9.15 Å². The lowest BCUT2D eigenvalue weighted by molar-refractivity contribution is -0.119. The van der Waals surface area contributed by atoms with Crippen molar-refractivity contribution in [2.45, 2.75) is 6.54 Å². The van der Waals surface area contributed by atoms with E-state index in [0.29, 0.717) is 31.0 Å². The third kappa shape index (κ3) is 5.77. The molecule has 0 atom stereocenters. The fourth-order valence-electron chi connectivity index (χ4n) is 1.95. The van der Waals surface area contributed by atoms with Crippen LogP contribution in [0.25, 0.3) is 0 Å². The average molecular weight is 331 g/mol. The van der Waals surface area contributed by atoms with Crippen LogP contribution in [0.3, 0.4) is 0 Å². The van der Waals surface area contributed by atoms with Crippen molar-refractivity contribution < 1.29 is 18.7 Å². The number of amides is 2. The fourth-order valence-corrected chi connectivity index (χ4v) is 1.95. The lowest BCUT2D eigenvalue weighted by atomic mass is 10.2. The SMILES string of the molecule is COCCNC(=O)c1ccc(NCC(=O)NCc2ccco2)cc1. The van der Waals surface area contributed by atoms with Crippen molar-refractivity contribution in [1.82, 2.24) is 10.6 Å². The summed E-state index contributed by atoms with van der Waals surface area (Å²) in [5, 5.41) is 8.48. The zero-order valence-electron chi connectivity index (χ0n) is 13.5. The first-order valence-electron chi connectivity index (χ1n) is 7.59. The summed E-state index contributed by atoms with van der Waals surface area (Å²) < 4.78 is 10.0. The molecule has 128 valence electrons. The highest BCUT2D eigenvalue weighted by Gasteiger charge is 2.06. The second-order valence-electron chi connectivity index (χ2n) is 5.04. The van der Waals surface area contributed by atoms with Gasteiger partial charge in [0.2, 0.25) is 5.91 Å². The van der Waals surface area contributed by atoms with Crippen molar-refractivity contribution in [3.05, 3.63) is 54.0 Å². The largest absolute Gasteiger partial charge is 0.467 e. The second kappa shape index (κ2) is 9.36. The van der Waals surface area contributed by atoms with Gasteiger partial charge in [-0.15, -0.1) is 0 Å². The molecule has 0 aliphatic rings. The Morgan fingerprint density at radius 1 is 1.12 bits per heavy atom. The standard InChI is InChI=1S/C17H21N3O4/c1-23-10-8-18-17(22)13-4-6-14(7-5-13)19-12-16(21)20-11-15-3-2-9-24-15/h2-7,9,19H,8,10-12H2,1H3,(H,18,22)(H,20,21). The van der Waals surface area contributed by atoms with Crippen LogP contribution in [0.5, 0.6) is 0 Å². The number of carbonyl (C=O) groups excluding carboxylic acids is 2. The number of nitrogens with one attached hydrogen (secondary N) is 3. The van der Waals surface area contributed by atoms with Crippen molar-refractivity contribution in [2.24, 2.45) is 0 Å². The number of hydrogen-bond donors (Lipinski definition) is 3. The molecule has 24 heavy (non-hydrogen) atoms. The molecule has 0 bridgehead atoms. The van der Waals surface area contributed by atoms with E-state index in [0.717, 1.165) is 5.69 Å². The van der Waals surface area contributed by atoms with Crippen LogP contribution >= 0.6 is 0 Å². The minimum absolute atomic E-state index is 0.139. The van der Waals surface area contributed by atoms with Crippen LogP contribution in [0.4, 0.5) is 5.69 Å². The van der Waals surface area contributed by atoms with Crippen LogP contribution in [-0.4, -0.2) is 38.6 Å². The first kappa shape index (κ1) is 17.6. The Morgan fingerprint density at radius 2 is 1.92 bits per heavy atom. The van der Waals surface area contributed by atoms with E-state index in [9.17, 15) is 9.59 Å². The van der Waals surface area contributed by atoms with Gasteiger partial charge in [-0.2, -0.15) is 0 Å². The molecule has 0 fully saturated rings. The Bertz CT molecular complexity index is 638. The highest BCUT2D eigenvalue weighted by atomic mass is 16.5. The van der Waals surface area contributed by atoms with E-state index < -0.39 is 0 Å². The predicted octanol–water partition coefficient (Wildman–Crippen LogP) is 1.38. The summed E-state index contributed by atoms with van der Waals surface area (Å²) in [6, 6.07) is 10.5. The number of benzene rings is 1. The minimum Gasteiger partial charge on any atom is -0.467 e. The molecule has 2 aromatic rings. The zero-order valence-corrected chi connectivity index (χ0v) is 13.5. The fraction of sp³-hybridized carbons (Fsp3) is 0.294. The van der Waals surface area contributed by atoms with Gasteiger partial charge in [0.1, 0.15) is 5.76 Å². The third-order valence-corrected chi connectivity index (χ3v) is 3.23. The zero-order chi connectivity index (χ0) is 17.2. The number of hydrogen-bond acceptors (Lipinski definition) is 5. The molecule has 0 aliphatic heterocycles. The Balaban J connectivity index is 1.72. The summed E-state index contributed by atoms with van der Waals surface area (Å²) >= 11 is 0. The quantitative estimate of drug-likeness (QED) is 0.604. The summed E-state index contributed by atoms with van der Waals surface area (Å²) in [5.74, 6) is 0.398. The summed E-state index contributed by atoms with van der Waals surface area (Å²) in [4.78, 5) is 23.6. The minimum atomic E-state index is -0.158. The van der Waals surface area contributed by atoms with E-state index in [-0.39, 0.29) is 18.4 Å². The number of ether oxygens (including phenoxy) is 1. The lowest BCUT2D eigenvalue weighted by Crippen LogP contribution is -2.29. The van der Waals surface area contributed by atoms with Gasteiger partial charge >= 0.3 is 0 Å². The van der Waals surface area contributed by atoms with E-state index >= 15 is 0 Å². The molecular formula is C17H21N3O4. The number of rotatable bonds is 9. The van der Waals surface area contributed by atoms with E-state index in [1.54, 1.807) is 49.8 Å². The smallest absolute Gasteiger partial charge is 0.251 e. The summed E-state index contributed by atoms with van der Waals surface area (Å²) in [6.45, 7) is 1.43. The van der Waals surface area contributed by atoms with Gasteiger partial charge in [-0.1, -0.05) is 0 Å². The Morgan fingerprint density at radius 3 is 2.58 bits per heavy atom. The monoisotopic (exact) mass is 331 g/mol. The Labute approximate surface area is 140 Å². The van der Waals surface area contributed by atoms with E-state index in [2.05, 4.69) is 16.0 Å². The maximum Gasteiger partial charge on any atom is 0.251 e. The van der Waals surface area contributed by atoms with Crippen LogP contribution in [-0.2, 0) is 16.1 Å². The summed E-state index contributed by atoms with van der Waals surface area (Å²) in [5.41, 5.74) is 1.32. The van der Waals surface area contributed by atoms with Gasteiger partial charge in [-0.25, -0.2) is 0 Å². The van der Waals surface area contributed by atoms with Crippen molar-refractivity contribution in [1.29, 1.82) is 0 Å².